The predicted molar refractivity (Wildman–Crippen MR) is 89.8 cm³/mol. The first-order valence-electron chi connectivity index (χ1n) is 7.96. The van der Waals surface area contributed by atoms with Crippen LogP contribution in [0.3, 0.4) is 0 Å². The van der Waals surface area contributed by atoms with Gasteiger partial charge in [0.15, 0.2) is 5.16 Å². The van der Waals surface area contributed by atoms with Crippen LogP contribution < -0.4 is 5.69 Å². The van der Waals surface area contributed by atoms with E-state index in [0.29, 0.717) is 28.0 Å². The van der Waals surface area contributed by atoms with Crippen molar-refractivity contribution in [1.82, 2.24) is 24.9 Å². The maximum atomic E-state index is 13.7. The molecule has 9 heteroatoms. The molecule has 3 aromatic rings. The lowest BCUT2D eigenvalue weighted by atomic mass is 10.1. The molecule has 7 nitrogen and oxygen atoms in total. The number of aromatic amines is 1. The van der Waals surface area contributed by atoms with Crippen LogP contribution in [0, 0.1) is 12.7 Å². The summed E-state index contributed by atoms with van der Waals surface area (Å²) in [7, 11) is 0. The molecule has 2 heterocycles. The van der Waals surface area contributed by atoms with E-state index in [2.05, 4.69) is 20.3 Å². The van der Waals surface area contributed by atoms with E-state index in [4.69, 9.17) is 4.52 Å². The van der Waals surface area contributed by atoms with Crippen molar-refractivity contribution < 1.29 is 8.91 Å². The number of hydrogen-bond donors (Lipinski definition) is 1. The molecule has 0 aliphatic heterocycles. The van der Waals surface area contributed by atoms with E-state index in [0.717, 1.165) is 12.8 Å². The van der Waals surface area contributed by atoms with Gasteiger partial charge in [0.1, 0.15) is 5.82 Å². The van der Waals surface area contributed by atoms with E-state index < -0.39 is 0 Å². The Morgan fingerprint density at radius 3 is 2.96 bits per heavy atom. The third-order valence-corrected chi connectivity index (χ3v) is 5.14. The van der Waals surface area contributed by atoms with Crippen LogP contribution >= 0.6 is 11.8 Å². The van der Waals surface area contributed by atoms with Gasteiger partial charge in [0.05, 0.1) is 5.25 Å². The number of hydrogen-bond acceptors (Lipinski definition) is 6. The molecule has 2 aromatic heterocycles. The Balaban J connectivity index is 1.55. The van der Waals surface area contributed by atoms with Crippen molar-refractivity contribution in [3.05, 3.63) is 46.0 Å². The Labute approximate surface area is 146 Å². The molecule has 25 heavy (non-hydrogen) atoms. The Hall–Kier alpha value is -2.42. The normalized spacial score (nSPS) is 15.5. The Morgan fingerprint density at radius 1 is 1.44 bits per heavy atom. The van der Waals surface area contributed by atoms with Gasteiger partial charge in [-0.3, -0.25) is 4.57 Å². The fourth-order valence-electron chi connectivity index (χ4n) is 2.49. The summed E-state index contributed by atoms with van der Waals surface area (Å²) in [5, 5.41) is 10.9. The lowest BCUT2D eigenvalue weighted by molar-refractivity contribution is 0.380. The highest BCUT2D eigenvalue weighted by molar-refractivity contribution is 7.99. The first kappa shape index (κ1) is 16.1. The molecule has 0 bridgehead atoms. The van der Waals surface area contributed by atoms with Crippen molar-refractivity contribution in [3.63, 3.8) is 0 Å². The second kappa shape index (κ2) is 6.14. The highest BCUT2D eigenvalue weighted by atomic mass is 32.2. The number of nitrogens with one attached hydrogen (secondary N) is 1. The molecule has 4 rings (SSSR count). The average molecular weight is 361 g/mol. The molecule has 0 amide bonds. The van der Waals surface area contributed by atoms with Gasteiger partial charge in [0.2, 0.25) is 11.7 Å². The molecule has 0 radical (unpaired) electrons. The number of halogens is 1. The summed E-state index contributed by atoms with van der Waals surface area (Å²) in [6, 6.07) is 5.05. The van der Waals surface area contributed by atoms with Gasteiger partial charge >= 0.3 is 5.69 Å². The molecule has 1 atom stereocenters. The summed E-state index contributed by atoms with van der Waals surface area (Å²) in [6.45, 7) is 3.59. The van der Waals surface area contributed by atoms with Crippen molar-refractivity contribution >= 4 is 11.8 Å². The van der Waals surface area contributed by atoms with E-state index in [1.54, 1.807) is 23.6 Å². The number of aromatic nitrogens is 5. The van der Waals surface area contributed by atoms with Gasteiger partial charge in [-0.25, -0.2) is 14.3 Å². The molecule has 0 saturated heterocycles. The molecule has 0 unspecified atom stereocenters. The van der Waals surface area contributed by atoms with E-state index in [-0.39, 0.29) is 22.8 Å². The van der Waals surface area contributed by atoms with E-state index in [1.165, 1.54) is 17.8 Å². The number of benzene rings is 1. The Bertz CT molecular complexity index is 975. The van der Waals surface area contributed by atoms with Crippen LogP contribution in [-0.2, 0) is 0 Å². The summed E-state index contributed by atoms with van der Waals surface area (Å²) in [5.74, 6) is 0.429. The topological polar surface area (TPSA) is 89.6 Å². The molecular weight excluding hydrogens is 345 g/mol. The van der Waals surface area contributed by atoms with Gasteiger partial charge in [0.25, 0.3) is 0 Å². The van der Waals surface area contributed by atoms with Gasteiger partial charge in [-0.1, -0.05) is 29.1 Å². The lowest BCUT2D eigenvalue weighted by Gasteiger charge is -2.06. The minimum Gasteiger partial charge on any atom is -0.338 e. The zero-order valence-electron chi connectivity index (χ0n) is 13.7. The molecule has 1 saturated carbocycles. The second-order valence-corrected chi connectivity index (χ2v) is 7.40. The van der Waals surface area contributed by atoms with E-state index in [1.807, 2.05) is 6.92 Å². The zero-order chi connectivity index (χ0) is 17.6. The maximum Gasteiger partial charge on any atom is 0.344 e. The zero-order valence-corrected chi connectivity index (χ0v) is 14.5. The van der Waals surface area contributed by atoms with Gasteiger partial charge in [-0.2, -0.15) is 4.98 Å². The maximum absolute atomic E-state index is 13.7. The van der Waals surface area contributed by atoms with Crippen LogP contribution in [0.5, 0.6) is 0 Å². The minimum absolute atomic E-state index is 0.191. The molecule has 1 fully saturated rings. The van der Waals surface area contributed by atoms with Gasteiger partial charge in [-0.05, 0) is 38.3 Å². The Morgan fingerprint density at radius 2 is 2.24 bits per heavy atom. The first-order valence-corrected chi connectivity index (χ1v) is 8.84. The predicted octanol–water partition coefficient (Wildman–Crippen LogP) is 3.26. The standard InChI is InChI=1S/C16H16FN5O2S/c1-8-3-4-10(7-12(8)17)13-18-14(24-21-13)9(2)25-16-20-19-15(23)22(16)11-5-6-11/h3-4,7,9,11H,5-6H2,1-2H3,(H,19,23)/t9-/m1/s1. The average Bonchev–Trinajstić information content (AvgIpc) is 3.17. The molecular formula is C16H16FN5O2S. The molecule has 1 N–H and O–H groups in total. The van der Waals surface area contributed by atoms with Gasteiger partial charge in [0, 0.05) is 11.6 Å². The van der Waals surface area contributed by atoms with E-state index in [9.17, 15) is 9.18 Å². The molecule has 1 aliphatic carbocycles. The fourth-order valence-corrected chi connectivity index (χ4v) is 3.44. The SMILES string of the molecule is Cc1ccc(-c2noc([C@@H](C)Sc3n[nH]c(=O)n3C3CC3)n2)cc1F. The molecule has 1 aliphatic rings. The van der Waals surface area contributed by atoms with Crippen LogP contribution in [0.25, 0.3) is 11.4 Å². The molecule has 1 aromatic carbocycles. The monoisotopic (exact) mass is 361 g/mol. The summed E-state index contributed by atoms with van der Waals surface area (Å²) in [6.07, 6.45) is 1.98. The van der Waals surface area contributed by atoms with Crippen LogP contribution in [0.4, 0.5) is 4.39 Å². The molecule has 130 valence electrons. The smallest absolute Gasteiger partial charge is 0.338 e. The summed E-state index contributed by atoms with van der Waals surface area (Å²) >= 11 is 1.38. The lowest BCUT2D eigenvalue weighted by Crippen LogP contribution is -2.16. The number of nitrogens with zero attached hydrogens (tertiary/aromatic N) is 4. The highest BCUT2D eigenvalue weighted by Gasteiger charge is 2.30. The first-order chi connectivity index (χ1) is 12.0. The summed E-state index contributed by atoms with van der Waals surface area (Å²) in [4.78, 5) is 16.2. The van der Waals surface area contributed by atoms with Crippen LogP contribution in [-0.4, -0.2) is 24.9 Å². The number of thioether (sulfide) groups is 1. The number of aryl methyl sites for hydroxylation is 1. The number of H-pyrrole nitrogens is 1. The molecule has 0 spiro atoms. The summed E-state index contributed by atoms with van der Waals surface area (Å²) in [5.41, 5.74) is 0.927. The van der Waals surface area contributed by atoms with Crippen molar-refractivity contribution in [1.29, 1.82) is 0 Å². The van der Waals surface area contributed by atoms with Crippen LogP contribution in [0.15, 0.2) is 32.7 Å². The quantitative estimate of drug-likeness (QED) is 0.702. The third-order valence-electron chi connectivity index (χ3n) is 4.09. The van der Waals surface area contributed by atoms with Gasteiger partial charge in [-0.15, -0.1) is 5.10 Å². The van der Waals surface area contributed by atoms with Crippen molar-refractivity contribution in [2.24, 2.45) is 0 Å². The minimum atomic E-state index is -0.309. The third kappa shape index (κ3) is 3.11. The van der Waals surface area contributed by atoms with Crippen LogP contribution in [0.1, 0.15) is 42.5 Å². The fraction of sp³-hybridized carbons (Fsp3) is 0.375. The largest absolute Gasteiger partial charge is 0.344 e. The highest BCUT2D eigenvalue weighted by Crippen LogP contribution is 2.39. The van der Waals surface area contributed by atoms with Gasteiger partial charge < -0.3 is 4.52 Å². The van der Waals surface area contributed by atoms with E-state index >= 15 is 0 Å². The Kier molecular flexibility index (Phi) is 3.95. The number of rotatable bonds is 5. The second-order valence-electron chi connectivity index (χ2n) is 6.09. The summed E-state index contributed by atoms with van der Waals surface area (Å²) < 4.78 is 20.7. The van der Waals surface area contributed by atoms with Crippen molar-refractivity contribution in [2.75, 3.05) is 0 Å². The van der Waals surface area contributed by atoms with Crippen molar-refractivity contribution in [2.45, 2.75) is 43.1 Å². The van der Waals surface area contributed by atoms with Crippen LogP contribution in [0.2, 0.25) is 0 Å². The van der Waals surface area contributed by atoms with Crippen molar-refractivity contribution in [3.8, 4) is 11.4 Å².